The summed E-state index contributed by atoms with van der Waals surface area (Å²) < 4.78 is 46.9. The second-order valence-electron chi connectivity index (χ2n) is 12.6. The van der Waals surface area contributed by atoms with Gasteiger partial charge in [-0.05, 0) is 91.0 Å². The van der Waals surface area contributed by atoms with Crippen molar-refractivity contribution >= 4 is 22.7 Å². The number of fused-ring (bicyclic) bond motifs is 1. The van der Waals surface area contributed by atoms with Gasteiger partial charge in [0.2, 0.25) is 5.56 Å². The van der Waals surface area contributed by atoms with Crippen LogP contribution in [0, 0.1) is 0 Å². The fraction of sp³-hybridized carbons (Fsp3) is 0.325. The SMILES string of the molecule is COc1ccc(COc2ccc([C@@H](O)CNCCc3ccc(OCC(F)(F)c4cccc(SC5CCCC5)c4)cc3)c3ccc(=O)[nH]c23)cc1. The van der Waals surface area contributed by atoms with E-state index in [9.17, 15) is 9.90 Å². The zero-order chi connectivity index (χ0) is 34.9. The lowest BCUT2D eigenvalue weighted by Crippen LogP contribution is -2.24. The van der Waals surface area contributed by atoms with Gasteiger partial charge in [0, 0.05) is 33.7 Å². The number of ether oxygens (including phenoxy) is 3. The predicted octanol–water partition coefficient (Wildman–Crippen LogP) is 8.19. The van der Waals surface area contributed by atoms with Crippen LogP contribution >= 0.6 is 11.8 Å². The molecular weight excluding hydrogens is 659 g/mol. The van der Waals surface area contributed by atoms with E-state index in [4.69, 9.17) is 14.2 Å². The van der Waals surface area contributed by atoms with Crippen molar-refractivity contribution in [3.8, 4) is 17.2 Å². The van der Waals surface area contributed by atoms with Gasteiger partial charge in [-0.1, -0.05) is 55.3 Å². The summed E-state index contributed by atoms with van der Waals surface area (Å²) in [4.78, 5) is 15.9. The van der Waals surface area contributed by atoms with Crippen molar-refractivity contribution in [3.05, 3.63) is 130 Å². The van der Waals surface area contributed by atoms with Crippen molar-refractivity contribution in [3.63, 3.8) is 0 Å². The highest BCUT2D eigenvalue weighted by atomic mass is 32.2. The van der Waals surface area contributed by atoms with Crippen LogP contribution in [0.15, 0.2) is 107 Å². The number of aliphatic hydroxyl groups is 1. The summed E-state index contributed by atoms with van der Waals surface area (Å²) in [6.45, 7) is 0.439. The topological polar surface area (TPSA) is 92.8 Å². The van der Waals surface area contributed by atoms with E-state index < -0.39 is 18.6 Å². The minimum Gasteiger partial charge on any atom is -0.497 e. The Bertz CT molecular complexity index is 1910. The molecule has 6 rings (SSSR count). The smallest absolute Gasteiger partial charge is 0.306 e. The Labute approximate surface area is 295 Å². The van der Waals surface area contributed by atoms with Crippen molar-refractivity contribution in [2.45, 2.75) is 60.9 Å². The van der Waals surface area contributed by atoms with E-state index in [2.05, 4.69) is 10.3 Å². The molecule has 10 heteroatoms. The second kappa shape index (κ2) is 16.6. The van der Waals surface area contributed by atoms with Crippen LogP contribution < -0.4 is 25.1 Å². The van der Waals surface area contributed by atoms with Gasteiger partial charge in [0.15, 0.2) is 6.61 Å². The molecular formula is C40H42F2N2O5S. The van der Waals surface area contributed by atoms with Gasteiger partial charge >= 0.3 is 5.92 Å². The van der Waals surface area contributed by atoms with Gasteiger partial charge in [0.05, 0.1) is 18.7 Å². The molecule has 7 nitrogen and oxygen atoms in total. The maximum Gasteiger partial charge on any atom is 0.306 e. The molecule has 1 fully saturated rings. The summed E-state index contributed by atoms with van der Waals surface area (Å²) in [5.74, 6) is -1.46. The molecule has 0 aliphatic heterocycles. The van der Waals surface area contributed by atoms with Crippen molar-refractivity contribution in [1.82, 2.24) is 10.3 Å². The molecule has 1 aromatic heterocycles. The molecule has 0 saturated heterocycles. The Morgan fingerprint density at radius 3 is 2.42 bits per heavy atom. The summed E-state index contributed by atoms with van der Waals surface area (Å²) in [5.41, 5.74) is 2.84. The lowest BCUT2D eigenvalue weighted by atomic mass is 10.0. The molecule has 1 saturated carbocycles. The first-order valence-electron chi connectivity index (χ1n) is 16.9. The maximum atomic E-state index is 15.1. The Balaban J connectivity index is 0.981. The van der Waals surface area contributed by atoms with E-state index in [1.807, 2.05) is 48.5 Å². The van der Waals surface area contributed by atoms with Crippen LogP contribution in [0.4, 0.5) is 8.78 Å². The number of methoxy groups -OCH3 is 1. The van der Waals surface area contributed by atoms with Crippen LogP contribution in [-0.2, 0) is 19.0 Å². The molecule has 1 aliphatic carbocycles. The van der Waals surface area contributed by atoms with Crippen LogP contribution in [0.3, 0.4) is 0 Å². The number of aliphatic hydroxyl groups excluding tert-OH is 1. The zero-order valence-corrected chi connectivity index (χ0v) is 28.8. The maximum absolute atomic E-state index is 15.1. The lowest BCUT2D eigenvalue weighted by molar-refractivity contribution is -0.0468. The molecule has 0 amide bonds. The van der Waals surface area contributed by atoms with Crippen LogP contribution in [0.5, 0.6) is 17.2 Å². The highest BCUT2D eigenvalue weighted by Gasteiger charge is 2.33. The second-order valence-corrected chi connectivity index (χ2v) is 13.9. The van der Waals surface area contributed by atoms with Crippen LogP contribution in [0.2, 0.25) is 0 Å². The highest BCUT2D eigenvalue weighted by molar-refractivity contribution is 8.00. The summed E-state index contributed by atoms with van der Waals surface area (Å²) in [6.07, 6.45) is 4.53. The average molecular weight is 701 g/mol. The first kappa shape index (κ1) is 35.4. The van der Waals surface area contributed by atoms with E-state index in [1.54, 1.807) is 55.3 Å². The van der Waals surface area contributed by atoms with Crippen molar-refractivity contribution < 1.29 is 28.1 Å². The molecule has 1 heterocycles. The average Bonchev–Trinajstić information content (AvgIpc) is 3.65. The molecule has 0 bridgehead atoms. The van der Waals surface area contributed by atoms with E-state index in [1.165, 1.54) is 25.0 Å². The first-order chi connectivity index (χ1) is 24.3. The minimum absolute atomic E-state index is 0.0272. The standard InChI is InChI=1S/C40H42F2N2O5S/c1-47-30-13-11-28(12-14-30)25-48-37-19-17-34(35-18-20-38(46)44-39(35)37)36(45)24-43-22-21-27-9-15-31(16-10-27)49-26-40(41,42)29-5-4-8-33(23-29)50-32-6-2-3-7-32/h4-5,8-20,23,32,36,43,45H,2-3,6-7,21-22,24-26H2,1H3,(H,44,46)/t36-/m0/s1. The van der Waals surface area contributed by atoms with Gasteiger partial charge in [-0.15, -0.1) is 11.8 Å². The third-order valence-electron chi connectivity index (χ3n) is 8.94. The Hall–Kier alpha value is -4.38. The molecule has 0 spiro atoms. The highest BCUT2D eigenvalue weighted by Crippen LogP contribution is 2.37. The van der Waals surface area contributed by atoms with Crippen molar-refractivity contribution in [1.29, 1.82) is 0 Å². The van der Waals surface area contributed by atoms with Crippen molar-refractivity contribution in [2.75, 3.05) is 26.8 Å². The monoisotopic (exact) mass is 700 g/mol. The molecule has 4 aromatic carbocycles. The van der Waals surface area contributed by atoms with Gasteiger partial charge in [-0.2, -0.15) is 8.78 Å². The number of rotatable bonds is 16. The number of H-pyrrole nitrogens is 1. The molecule has 262 valence electrons. The summed E-state index contributed by atoms with van der Waals surface area (Å²) in [5, 5.41) is 15.6. The lowest BCUT2D eigenvalue weighted by Gasteiger charge is -2.19. The van der Waals surface area contributed by atoms with E-state index in [-0.39, 0.29) is 17.7 Å². The number of aromatic nitrogens is 1. The van der Waals surface area contributed by atoms with E-state index in [0.29, 0.717) is 52.8 Å². The normalized spacial score (nSPS) is 14.2. The first-order valence-corrected chi connectivity index (χ1v) is 17.8. The molecule has 5 aromatic rings. The van der Waals surface area contributed by atoms with Crippen LogP contribution in [0.1, 0.15) is 54.0 Å². The summed E-state index contributed by atoms with van der Waals surface area (Å²) >= 11 is 1.70. The minimum atomic E-state index is -3.11. The van der Waals surface area contributed by atoms with Crippen LogP contribution in [0.25, 0.3) is 10.9 Å². The third kappa shape index (κ3) is 9.24. The molecule has 1 aliphatic rings. The molecule has 0 unspecified atom stereocenters. The Morgan fingerprint density at radius 2 is 1.66 bits per heavy atom. The van der Waals surface area contributed by atoms with Gasteiger partial charge in [0.25, 0.3) is 0 Å². The summed E-state index contributed by atoms with van der Waals surface area (Å²) in [6, 6.07) is 28.0. The largest absolute Gasteiger partial charge is 0.497 e. The molecule has 50 heavy (non-hydrogen) atoms. The number of pyridine rings is 1. The number of halogens is 2. The van der Waals surface area contributed by atoms with Gasteiger partial charge in [-0.3, -0.25) is 4.79 Å². The summed E-state index contributed by atoms with van der Waals surface area (Å²) in [7, 11) is 1.61. The number of benzene rings is 4. The van der Waals surface area contributed by atoms with E-state index >= 15 is 8.78 Å². The molecule has 3 N–H and O–H groups in total. The number of nitrogens with one attached hydrogen (secondary N) is 2. The fourth-order valence-electron chi connectivity index (χ4n) is 6.13. The predicted molar refractivity (Wildman–Crippen MR) is 194 cm³/mol. The number of alkyl halides is 2. The number of hydrogen-bond donors (Lipinski definition) is 3. The molecule has 1 atom stereocenters. The van der Waals surface area contributed by atoms with E-state index in [0.717, 1.165) is 34.6 Å². The third-order valence-corrected chi connectivity index (χ3v) is 10.3. The molecule has 0 radical (unpaired) electrons. The number of thioether (sulfide) groups is 1. The van der Waals surface area contributed by atoms with Crippen molar-refractivity contribution in [2.24, 2.45) is 0 Å². The van der Waals surface area contributed by atoms with Gasteiger partial charge in [-0.25, -0.2) is 0 Å². The Morgan fingerprint density at radius 1 is 0.920 bits per heavy atom. The van der Waals surface area contributed by atoms with Crippen LogP contribution in [-0.4, -0.2) is 42.1 Å². The number of hydrogen-bond acceptors (Lipinski definition) is 7. The quantitative estimate of drug-likeness (QED) is 0.0895. The fourth-order valence-corrected chi connectivity index (χ4v) is 7.43. The Kier molecular flexibility index (Phi) is 11.7. The number of aromatic amines is 1. The van der Waals surface area contributed by atoms with Gasteiger partial charge < -0.3 is 29.6 Å². The van der Waals surface area contributed by atoms with Gasteiger partial charge in [0.1, 0.15) is 23.9 Å². The zero-order valence-electron chi connectivity index (χ0n) is 28.0.